The minimum absolute atomic E-state index is 0.0767. The number of nitrogens with zero attached hydrogens (tertiary/aromatic N) is 1. The number of phenols is 2. The third kappa shape index (κ3) is 3.15. The molecule has 1 aliphatic heterocycles. The fourth-order valence-electron chi connectivity index (χ4n) is 2.19. The van der Waals surface area contributed by atoms with Gasteiger partial charge in [-0.3, -0.25) is 21.5 Å². The quantitative estimate of drug-likeness (QED) is 0.198. The monoisotopic (exact) mass is 263 g/mol. The van der Waals surface area contributed by atoms with Crippen LogP contribution in [-0.4, -0.2) is 35.0 Å². The van der Waals surface area contributed by atoms with Crippen LogP contribution in [0.5, 0.6) is 11.5 Å². The molecular weight excluding hydrogens is 244 g/mol. The van der Waals surface area contributed by atoms with Gasteiger partial charge in [0.25, 0.3) is 0 Å². The highest BCUT2D eigenvalue weighted by Crippen LogP contribution is 2.31. The Hall–Kier alpha value is -2.24. The lowest BCUT2D eigenvalue weighted by molar-refractivity contribution is -0.459. The first-order chi connectivity index (χ1) is 9.08. The molecule has 0 saturated carbocycles. The lowest BCUT2D eigenvalue weighted by atomic mass is 9.94. The molecule has 0 radical (unpaired) electrons. The van der Waals surface area contributed by atoms with Crippen molar-refractivity contribution in [3.63, 3.8) is 0 Å². The Labute approximate surface area is 111 Å². The number of hydrogen-bond acceptors (Lipinski definition) is 3. The molecule has 6 heteroatoms. The van der Waals surface area contributed by atoms with Crippen molar-refractivity contribution in [3.8, 4) is 11.5 Å². The zero-order valence-corrected chi connectivity index (χ0v) is 10.7. The van der Waals surface area contributed by atoms with E-state index in [4.69, 9.17) is 11.5 Å². The van der Waals surface area contributed by atoms with Gasteiger partial charge in [0.2, 0.25) is 0 Å². The summed E-state index contributed by atoms with van der Waals surface area (Å²) in [6.07, 6.45) is 2.41. The number of rotatable bonds is 4. The second kappa shape index (κ2) is 5.60. The summed E-state index contributed by atoms with van der Waals surface area (Å²) in [5.74, 6) is 0.0340. The van der Waals surface area contributed by atoms with Crippen molar-refractivity contribution in [1.82, 2.24) is 0 Å². The molecule has 6 nitrogen and oxygen atoms in total. The minimum Gasteiger partial charge on any atom is -0.504 e. The number of aromatic hydroxyl groups is 2. The van der Waals surface area contributed by atoms with Gasteiger partial charge in [0.1, 0.15) is 0 Å². The van der Waals surface area contributed by atoms with Gasteiger partial charge in [-0.1, -0.05) is 0 Å². The maximum atomic E-state index is 9.58. The van der Waals surface area contributed by atoms with Crippen molar-refractivity contribution < 1.29 is 15.2 Å². The molecule has 0 spiro atoms. The molecule has 0 bridgehead atoms. The SMILES string of the molecule is NC(N)=[NH+]CCCC1=NCCc2cc(O)c(O)cc21. The third-order valence-corrected chi connectivity index (χ3v) is 3.11. The number of benzene rings is 1. The fraction of sp³-hybridized carbons (Fsp3) is 0.385. The summed E-state index contributed by atoms with van der Waals surface area (Å²) in [6.45, 7) is 1.39. The predicted octanol–water partition coefficient (Wildman–Crippen LogP) is -1.42. The Morgan fingerprint density at radius 3 is 2.74 bits per heavy atom. The van der Waals surface area contributed by atoms with Crippen LogP contribution in [0.1, 0.15) is 24.0 Å². The smallest absolute Gasteiger partial charge is 0.338 e. The average Bonchev–Trinajstić information content (AvgIpc) is 2.36. The normalized spacial score (nSPS) is 13.6. The highest BCUT2D eigenvalue weighted by molar-refractivity contribution is 6.03. The molecular formula is C13H19N4O2+. The van der Waals surface area contributed by atoms with Crippen LogP contribution >= 0.6 is 0 Å². The van der Waals surface area contributed by atoms with E-state index in [9.17, 15) is 10.2 Å². The standard InChI is InChI=1S/C13H18N4O2/c14-13(15)17-4-1-2-10-9-7-12(19)11(18)6-8(9)3-5-16-10/h6-7,18-19H,1-5H2,(H4,14,15,17)/p+1. The first kappa shape index (κ1) is 13.2. The number of phenolic OH excluding ortho intramolecular Hbond substituents is 2. The van der Waals surface area contributed by atoms with E-state index >= 15 is 0 Å². The Morgan fingerprint density at radius 2 is 2.00 bits per heavy atom. The van der Waals surface area contributed by atoms with Crippen molar-refractivity contribution in [3.05, 3.63) is 23.3 Å². The number of guanidine groups is 1. The van der Waals surface area contributed by atoms with Crippen LogP contribution in [0.25, 0.3) is 0 Å². The number of nitrogens with two attached hydrogens (primary N) is 2. The van der Waals surface area contributed by atoms with Crippen LogP contribution in [0.2, 0.25) is 0 Å². The summed E-state index contributed by atoms with van der Waals surface area (Å²) in [4.78, 5) is 7.34. The van der Waals surface area contributed by atoms with E-state index in [0.29, 0.717) is 13.1 Å². The molecule has 2 rings (SSSR count). The zero-order valence-electron chi connectivity index (χ0n) is 10.7. The van der Waals surface area contributed by atoms with Crippen molar-refractivity contribution in [2.75, 3.05) is 13.1 Å². The van der Waals surface area contributed by atoms with Gasteiger partial charge in [-0.15, -0.1) is 0 Å². The largest absolute Gasteiger partial charge is 0.504 e. The number of fused-ring (bicyclic) bond motifs is 1. The van der Waals surface area contributed by atoms with Gasteiger partial charge in [-0.25, -0.2) is 0 Å². The summed E-state index contributed by atoms with van der Waals surface area (Å²) >= 11 is 0. The predicted molar refractivity (Wildman–Crippen MR) is 73.3 cm³/mol. The van der Waals surface area contributed by atoms with Crippen LogP contribution in [0, 0.1) is 0 Å². The zero-order chi connectivity index (χ0) is 13.8. The van der Waals surface area contributed by atoms with Crippen LogP contribution in [-0.2, 0) is 6.42 Å². The van der Waals surface area contributed by atoms with Gasteiger partial charge in [0, 0.05) is 17.8 Å². The van der Waals surface area contributed by atoms with Crippen molar-refractivity contribution in [2.45, 2.75) is 19.3 Å². The number of nitrogens with one attached hydrogen (secondary N) is 1. The molecule has 1 heterocycles. The third-order valence-electron chi connectivity index (χ3n) is 3.11. The maximum absolute atomic E-state index is 9.58. The highest BCUT2D eigenvalue weighted by atomic mass is 16.3. The van der Waals surface area contributed by atoms with E-state index in [1.807, 2.05) is 0 Å². The second-order valence-electron chi connectivity index (χ2n) is 4.56. The molecule has 102 valence electrons. The lowest BCUT2D eigenvalue weighted by Gasteiger charge is -2.17. The lowest BCUT2D eigenvalue weighted by Crippen LogP contribution is -2.78. The first-order valence-electron chi connectivity index (χ1n) is 6.28. The highest BCUT2D eigenvalue weighted by Gasteiger charge is 2.16. The van der Waals surface area contributed by atoms with Gasteiger partial charge in [0.05, 0.1) is 6.54 Å². The van der Waals surface area contributed by atoms with Gasteiger partial charge in [0.15, 0.2) is 11.5 Å². The Kier molecular flexibility index (Phi) is 3.89. The van der Waals surface area contributed by atoms with Gasteiger partial charge >= 0.3 is 5.96 Å². The molecule has 0 amide bonds. The van der Waals surface area contributed by atoms with E-state index in [1.54, 1.807) is 12.1 Å². The Balaban J connectivity index is 2.10. The van der Waals surface area contributed by atoms with E-state index < -0.39 is 0 Å². The second-order valence-corrected chi connectivity index (χ2v) is 4.56. The van der Waals surface area contributed by atoms with E-state index in [-0.39, 0.29) is 17.5 Å². The Morgan fingerprint density at radius 1 is 1.26 bits per heavy atom. The summed E-state index contributed by atoms with van der Waals surface area (Å²) in [5, 5.41) is 19.1. The Bertz CT molecular complexity index is 534. The van der Waals surface area contributed by atoms with Gasteiger partial charge in [-0.05, 0) is 37.0 Å². The topological polar surface area (TPSA) is 119 Å². The molecule has 0 fully saturated rings. The molecule has 1 aromatic rings. The molecule has 0 atom stereocenters. The summed E-state index contributed by atoms with van der Waals surface area (Å²) in [7, 11) is 0. The first-order valence-corrected chi connectivity index (χ1v) is 6.28. The summed E-state index contributed by atoms with van der Waals surface area (Å²) < 4.78 is 0. The van der Waals surface area contributed by atoms with Gasteiger partial charge < -0.3 is 10.2 Å². The van der Waals surface area contributed by atoms with Crippen molar-refractivity contribution in [1.29, 1.82) is 0 Å². The molecule has 19 heavy (non-hydrogen) atoms. The van der Waals surface area contributed by atoms with Crippen molar-refractivity contribution in [2.24, 2.45) is 16.5 Å². The van der Waals surface area contributed by atoms with Crippen LogP contribution < -0.4 is 16.5 Å². The summed E-state index contributed by atoms with van der Waals surface area (Å²) in [6, 6.07) is 3.20. The van der Waals surface area contributed by atoms with Crippen LogP contribution in [0.15, 0.2) is 17.1 Å². The maximum Gasteiger partial charge on any atom is 0.338 e. The molecule has 1 aliphatic rings. The summed E-state index contributed by atoms with van der Waals surface area (Å²) in [5.41, 5.74) is 13.5. The van der Waals surface area contributed by atoms with Crippen molar-refractivity contribution >= 4 is 11.7 Å². The molecule has 7 N–H and O–H groups in total. The van der Waals surface area contributed by atoms with Crippen LogP contribution in [0.4, 0.5) is 0 Å². The van der Waals surface area contributed by atoms with E-state index in [0.717, 1.165) is 36.1 Å². The average molecular weight is 263 g/mol. The minimum atomic E-state index is -0.106. The molecule has 1 aromatic carbocycles. The molecule has 0 unspecified atom stereocenters. The van der Waals surface area contributed by atoms with E-state index in [2.05, 4.69) is 9.98 Å². The molecule has 0 saturated heterocycles. The fourth-order valence-corrected chi connectivity index (χ4v) is 2.19. The molecule has 0 aliphatic carbocycles. The van der Waals surface area contributed by atoms with Crippen LogP contribution in [0.3, 0.4) is 0 Å². The number of aliphatic imine (C=N–C) groups is 1. The molecule has 0 aromatic heterocycles. The van der Waals surface area contributed by atoms with Gasteiger partial charge in [-0.2, -0.15) is 0 Å². The number of hydrogen-bond donors (Lipinski definition) is 5. The van der Waals surface area contributed by atoms with E-state index in [1.165, 1.54) is 0 Å².